The van der Waals surface area contributed by atoms with Gasteiger partial charge < -0.3 is 14.6 Å². The molecule has 0 spiro atoms. The van der Waals surface area contributed by atoms with E-state index in [0.29, 0.717) is 28.6 Å². The Kier molecular flexibility index (Phi) is 4.45. The number of carbonyl (C=O) groups is 1. The summed E-state index contributed by atoms with van der Waals surface area (Å²) in [7, 11) is 0. The summed E-state index contributed by atoms with van der Waals surface area (Å²) in [4.78, 5) is 12.5. The smallest absolute Gasteiger partial charge is 0.257 e. The maximum Gasteiger partial charge on any atom is 0.257 e. The number of hydrogen-bond acceptors (Lipinski definition) is 4. The average molecular weight is 321 g/mol. The number of carbonyl (C=O) groups excluding carboxylic acids is 1. The van der Waals surface area contributed by atoms with Crippen molar-refractivity contribution in [1.82, 2.24) is 10.5 Å². The zero-order chi connectivity index (χ0) is 15.5. The van der Waals surface area contributed by atoms with Gasteiger partial charge >= 0.3 is 0 Å². The van der Waals surface area contributed by atoms with E-state index in [0.717, 1.165) is 25.0 Å². The Morgan fingerprint density at radius 2 is 2.18 bits per heavy atom. The lowest BCUT2D eigenvalue weighted by atomic mass is 10.1. The molecule has 1 aliphatic heterocycles. The van der Waals surface area contributed by atoms with Crippen LogP contribution < -0.4 is 5.32 Å². The summed E-state index contributed by atoms with van der Waals surface area (Å²) in [5.41, 5.74) is 1.79. The van der Waals surface area contributed by atoms with Gasteiger partial charge in [0.2, 0.25) is 0 Å². The second-order valence-electron chi connectivity index (χ2n) is 5.32. The van der Waals surface area contributed by atoms with Crippen molar-refractivity contribution in [3.05, 3.63) is 40.5 Å². The van der Waals surface area contributed by atoms with Crippen LogP contribution in [-0.2, 0) is 4.74 Å². The fourth-order valence-electron chi connectivity index (χ4n) is 2.54. The van der Waals surface area contributed by atoms with Crippen LogP contribution in [0.15, 0.2) is 28.8 Å². The molecule has 0 radical (unpaired) electrons. The molecule has 5 nitrogen and oxygen atoms in total. The van der Waals surface area contributed by atoms with Crippen molar-refractivity contribution in [2.75, 3.05) is 13.2 Å². The minimum absolute atomic E-state index is 0.100. The third-order valence-electron chi connectivity index (χ3n) is 3.71. The number of nitrogens with zero attached hydrogens (tertiary/aromatic N) is 1. The van der Waals surface area contributed by atoms with Gasteiger partial charge in [-0.3, -0.25) is 4.79 Å². The van der Waals surface area contributed by atoms with Crippen LogP contribution in [0.5, 0.6) is 0 Å². The first-order valence-electron chi connectivity index (χ1n) is 7.27. The predicted octanol–water partition coefficient (Wildman–Crippen LogP) is 3.21. The number of amides is 1. The highest BCUT2D eigenvalue weighted by molar-refractivity contribution is 6.30. The van der Waals surface area contributed by atoms with Crippen molar-refractivity contribution in [2.45, 2.75) is 25.9 Å². The Balaban J connectivity index is 1.79. The van der Waals surface area contributed by atoms with Crippen molar-refractivity contribution in [3.63, 3.8) is 0 Å². The largest absolute Gasteiger partial charge is 0.376 e. The van der Waals surface area contributed by atoms with Gasteiger partial charge in [-0.15, -0.1) is 0 Å². The molecule has 2 heterocycles. The van der Waals surface area contributed by atoms with Crippen LogP contribution in [0, 0.1) is 6.92 Å². The van der Waals surface area contributed by atoms with E-state index in [2.05, 4.69) is 10.5 Å². The second-order valence-corrected chi connectivity index (χ2v) is 5.76. The Morgan fingerprint density at radius 3 is 2.86 bits per heavy atom. The lowest BCUT2D eigenvalue weighted by Crippen LogP contribution is -2.32. The molecule has 1 fully saturated rings. The van der Waals surface area contributed by atoms with Gasteiger partial charge in [-0.2, -0.15) is 0 Å². The number of halogens is 1. The highest BCUT2D eigenvalue weighted by atomic mass is 35.5. The van der Waals surface area contributed by atoms with Gasteiger partial charge in [-0.25, -0.2) is 0 Å². The summed E-state index contributed by atoms with van der Waals surface area (Å²) >= 11 is 5.89. The zero-order valence-corrected chi connectivity index (χ0v) is 13.0. The van der Waals surface area contributed by atoms with E-state index < -0.39 is 0 Å². The highest BCUT2D eigenvalue weighted by Gasteiger charge is 2.23. The third kappa shape index (κ3) is 3.15. The maximum atomic E-state index is 12.5. The Morgan fingerprint density at radius 1 is 1.41 bits per heavy atom. The number of aromatic nitrogens is 1. The van der Waals surface area contributed by atoms with E-state index in [9.17, 15) is 4.79 Å². The number of benzene rings is 1. The van der Waals surface area contributed by atoms with Crippen LogP contribution in [0.3, 0.4) is 0 Å². The predicted molar refractivity (Wildman–Crippen MR) is 83.0 cm³/mol. The van der Waals surface area contributed by atoms with E-state index in [-0.39, 0.29) is 12.0 Å². The summed E-state index contributed by atoms with van der Waals surface area (Å²) in [6.45, 7) is 3.02. The van der Waals surface area contributed by atoms with Gasteiger partial charge in [0, 0.05) is 23.7 Å². The summed E-state index contributed by atoms with van der Waals surface area (Å²) in [5, 5.41) is 7.44. The standard InChI is InChI=1S/C16H17ClN2O3/c1-10-14(16(20)18-9-13-3-2-8-21-13)15(22-19-10)11-4-6-12(17)7-5-11/h4-7,13H,2-3,8-9H2,1H3,(H,18,20)/t13-/m0/s1. The van der Waals surface area contributed by atoms with E-state index in [1.165, 1.54) is 0 Å². The lowest BCUT2D eigenvalue weighted by Gasteiger charge is -2.10. The summed E-state index contributed by atoms with van der Waals surface area (Å²) in [6, 6.07) is 7.11. The van der Waals surface area contributed by atoms with Gasteiger partial charge in [0.15, 0.2) is 5.76 Å². The SMILES string of the molecule is Cc1noc(-c2ccc(Cl)cc2)c1C(=O)NC[C@@H]1CCCO1. The summed E-state index contributed by atoms with van der Waals surface area (Å²) < 4.78 is 10.8. The zero-order valence-electron chi connectivity index (χ0n) is 12.3. The average Bonchev–Trinajstić information content (AvgIpc) is 3.15. The Labute approximate surface area is 133 Å². The first-order valence-corrected chi connectivity index (χ1v) is 7.65. The molecule has 0 unspecified atom stereocenters. The second kappa shape index (κ2) is 6.50. The minimum Gasteiger partial charge on any atom is -0.376 e. The number of hydrogen-bond donors (Lipinski definition) is 1. The first kappa shape index (κ1) is 15.1. The van der Waals surface area contributed by atoms with Crippen LogP contribution in [0.4, 0.5) is 0 Å². The molecule has 1 aromatic heterocycles. The third-order valence-corrected chi connectivity index (χ3v) is 3.96. The molecule has 0 saturated carbocycles. The molecule has 22 heavy (non-hydrogen) atoms. The number of rotatable bonds is 4. The molecule has 1 aliphatic rings. The van der Waals surface area contributed by atoms with Crippen LogP contribution in [-0.4, -0.2) is 30.3 Å². The normalized spacial score (nSPS) is 17.6. The topological polar surface area (TPSA) is 64.4 Å². The van der Waals surface area contributed by atoms with E-state index >= 15 is 0 Å². The minimum atomic E-state index is -0.195. The Bertz CT molecular complexity index is 661. The fraction of sp³-hybridized carbons (Fsp3) is 0.375. The molecule has 0 bridgehead atoms. The summed E-state index contributed by atoms with van der Waals surface area (Å²) in [5.74, 6) is 0.262. The molecule has 1 atom stereocenters. The molecule has 1 amide bonds. The quantitative estimate of drug-likeness (QED) is 0.939. The van der Waals surface area contributed by atoms with E-state index in [4.69, 9.17) is 20.9 Å². The molecular weight excluding hydrogens is 304 g/mol. The first-order chi connectivity index (χ1) is 10.6. The van der Waals surface area contributed by atoms with Gasteiger partial charge in [0.25, 0.3) is 5.91 Å². The van der Waals surface area contributed by atoms with Gasteiger partial charge in [0.1, 0.15) is 5.56 Å². The Hall–Kier alpha value is -1.85. The molecule has 1 saturated heterocycles. The maximum absolute atomic E-state index is 12.5. The van der Waals surface area contributed by atoms with Crippen LogP contribution in [0.2, 0.25) is 5.02 Å². The van der Waals surface area contributed by atoms with Crippen LogP contribution in [0.1, 0.15) is 28.9 Å². The molecule has 3 rings (SSSR count). The van der Waals surface area contributed by atoms with E-state index in [1.807, 2.05) is 0 Å². The lowest BCUT2D eigenvalue weighted by molar-refractivity contribution is 0.0857. The number of aryl methyl sites for hydroxylation is 1. The number of nitrogens with one attached hydrogen (secondary N) is 1. The van der Waals surface area contributed by atoms with Crippen molar-refractivity contribution < 1.29 is 14.1 Å². The van der Waals surface area contributed by atoms with Crippen molar-refractivity contribution in [3.8, 4) is 11.3 Å². The van der Waals surface area contributed by atoms with Gasteiger partial charge in [-0.1, -0.05) is 16.8 Å². The summed E-state index contributed by atoms with van der Waals surface area (Å²) in [6.07, 6.45) is 2.12. The molecule has 2 aromatic rings. The van der Waals surface area contributed by atoms with Crippen LogP contribution >= 0.6 is 11.6 Å². The number of ether oxygens (including phenoxy) is 1. The highest BCUT2D eigenvalue weighted by Crippen LogP contribution is 2.27. The van der Waals surface area contributed by atoms with Gasteiger partial charge in [0.05, 0.1) is 11.8 Å². The molecular formula is C16H17ClN2O3. The van der Waals surface area contributed by atoms with E-state index in [1.54, 1.807) is 31.2 Å². The van der Waals surface area contributed by atoms with Gasteiger partial charge in [-0.05, 0) is 44.0 Å². The van der Waals surface area contributed by atoms with Crippen molar-refractivity contribution in [2.24, 2.45) is 0 Å². The molecule has 6 heteroatoms. The molecule has 1 N–H and O–H groups in total. The molecule has 0 aliphatic carbocycles. The molecule has 116 valence electrons. The molecule has 1 aromatic carbocycles. The fourth-order valence-corrected chi connectivity index (χ4v) is 2.66. The van der Waals surface area contributed by atoms with Crippen molar-refractivity contribution >= 4 is 17.5 Å². The monoisotopic (exact) mass is 320 g/mol. The van der Waals surface area contributed by atoms with Crippen LogP contribution in [0.25, 0.3) is 11.3 Å². The van der Waals surface area contributed by atoms with Crippen molar-refractivity contribution in [1.29, 1.82) is 0 Å².